The molecule has 0 spiro atoms. The molecule has 1 atom stereocenters. The van der Waals surface area contributed by atoms with E-state index in [-0.39, 0.29) is 17.4 Å². The minimum Gasteiger partial charge on any atom is -0.508 e. The van der Waals surface area contributed by atoms with E-state index in [9.17, 15) is 10.2 Å². The Balaban J connectivity index is 2.13. The molecule has 4 nitrogen and oxygen atoms in total. The smallest absolute Gasteiger partial charge is 0.161 e. The number of hydrogen-bond donors (Lipinski definition) is 2. The maximum Gasteiger partial charge on any atom is 0.161 e. The Morgan fingerprint density at radius 3 is 2.48 bits per heavy atom. The molecule has 0 aromatic heterocycles. The molecule has 0 bridgehead atoms. The lowest BCUT2D eigenvalue weighted by Crippen LogP contribution is -2.31. The predicted molar refractivity (Wildman–Crippen MR) is 80.9 cm³/mol. The quantitative estimate of drug-likeness (QED) is 0.890. The van der Waals surface area contributed by atoms with Gasteiger partial charge in [0.15, 0.2) is 11.5 Å². The molecule has 0 aliphatic carbocycles. The fraction of sp³-hybridized carbons (Fsp3) is 0.294. The van der Waals surface area contributed by atoms with Gasteiger partial charge in [0, 0.05) is 24.6 Å². The summed E-state index contributed by atoms with van der Waals surface area (Å²) >= 11 is 0. The third kappa shape index (κ3) is 2.43. The van der Waals surface area contributed by atoms with Gasteiger partial charge >= 0.3 is 0 Å². The highest BCUT2D eigenvalue weighted by atomic mass is 16.5. The van der Waals surface area contributed by atoms with Gasteiger partial charge in [0.2, 0.25) is 0 Å². The largest absolute Gasteiger partial charge is 0.508 e. The maximum absolute atomic E-state index is 10.5. The lowest BCUT2D eigenvalue weighted by molar-refractivity contribution is 0.286. The molecule has 1 unspecified atom stereocenters. The first-order valence-electron chi connectivity index (χ1n) is 6.96. The minimum absolute atomic E-state index is 0.0643. The standard InChI is InChI=1S/C17H19NO3/c1-18-9-12-5-8-15(21-2)17(20)16(12)14(10-18)11-3-6-13(19)7-4-11/h3-8,14,19-20H,9-10H2,1-2H3. The Labute approximate surface area is 124 Å². The number of rotatable bonds is 2. The van der Waals surface area contributed by atoms with Gasteiger partial charge in [-0.15, -0.1) is 0 Å². The number of nitrogens with zero attached hydrogens (tertiary/aromatic N) is 1. The number of ether oxygens (including phenoxy) is 1. The van der Waals surface area contributed by atoms with Crippen molar-refractivity contribution in [3.63, 3.8) is 0 Å². The SMILES string of the molecule is COc1ccc2c(c1O)C(c1ccc(O)cc1)CN(C)C2. The van der Waals surface area contributed by atoms with Crippen LogP contribution in [0.4, 0.5) is 0 Å². The van der Waals surface area contributed by atoms with Crippen LogP contribution in [0.5, 0.6) is 17.2 Å². The van der Waals surface area contributed by atoms with E-state index in [0.717, 1.165) is 29.8 Å². The summed E-state index contributed by atoms with van der Waals surface area (Å²) in [5.41, 5.74) is 3.11. The van der Waals surface area contributed by atoms with Crippen LogP contribution in [0, 0.1) is 0 Å². The van der Waals surface area contributed by atoms with E-state index in [1.54, 1.807) is 25.3 Å². The molecule has 110 valence electrons. The molecule has 0 saturated heterocycles. The maximum atomic E-state index is 10.5. The topological polar surface area (TPSA) is 52.9 Å². The van der Waals surface area contributed by atoms with Crippen LogP contribution in [0.3, 0.4) is 0 Å². The number of methoxy groups -OCH3 is 1. The van der Waals surface area contributed by atoms with Crippen LogP contribution in [0.15, 0.2) is 36.4 Å². The average molecular weight is 285 g/mol. The molecular formula is C17H19NO3. The summed E-state index contributed by atoms with van der Waals surface area (Å²) in [6, 6.07) is 11.0. The first-order valence-corrected chi connectivity index (χ1v) is 6.96. The Hall–Kier alpha value is -2.20. The molecule has 3 rings (SSSR count). The highest BCUT2D eigenvalue weighted by Crippen LogP contribution is 2.43. The molecular weight excluding hydrogens is 266 g/mol. The van der Waals surface area contributed by atoms with Gasteiger partial charge in [-0.1, -0.05) is 18.2 Å². The van der Waals surface area contributed by atoms with Crippen molar-refractivity contribution in [2.24, 2.45) is 0 Å². The van der Waals surface area contributed by atoms with E-state index >= 15 is 0 Å². The van der Waals surface area contributed by atoms with Gasteiger partial charge in [0.25, 0.3) is 0 Å². The molecule has 2 N–H and O–H groups in total. The second kappa shape index (κ2) is 5.30. The van der Waals surface area contributed by atoms with E-state index in [0.29, 0.717) is 5.75 Å². The van der Waals surface area contributed by atoms with Crippen LogP contribution in [-0.2, 0) is 6.54 Å². The highest BCUT2D eigenvalue weighted by Gasteiger charge is 2.29. The first kappa shape index (κ1) is 13.8. The summed E-state index contributed by atoms with van der Waals surface area (Å²) < 4.78 is 5.24. The van der Waals surface area contributed by atoms with Gasteiger partial charge in [0.1, 0.15) is 5.75 Å². The zero-order valence-corrected chi connectivity index (χ0v) is 12.2. The third-order valence-electron chi connectivity index (χ3n) is 4.07. The first-order chi connectivity index (χ1) is 10.1. The molecule has 1 aliphatic rings. The second-order valence-electron chi connectivity index (χ2n) is 5.53. The van der Waals surface area contributed by atoms with Gasteiger partial charge in [-0.05, 0) is 36.4 Å². The van der Waals surface area contributed by atoms with Crippen molar-refractivity contribution in [1.82, 2.24) is 4.90 Å². The minimum atomic E-state index is 0.0643. The zero-order valence-electron chi connectivity index (χ0n) is 12.2. The summed E-state index contributed by atoms with van der Waals surface area (Å²) in [6.45, 7) is 1.62. The van der Waals surface area contributed by atoms with Gasteiger partial charge < -0.3 is 19.8 Å². The van der Waals surface area contributed by atoms with Crippen LogP contribution in [0.1, 0.15) is 22.6 Å². The van der Waals surface area contributed by atoms with Gasteiger partial charge in [0.05, 0.1) is 7.11 Å². The van der Waals surface area contributed by atoms with Crippen LogP contribution in [0.25, 0.3) is 0 Å². The lowest BCUT2D eigenvalue weighted by atomic mass is 9.84. The van der Waals surface area contributed by atoms with Crippen LogP contribution >= 0.6 is 0 Å². The van der Waals surface area contributed by atoms with Crippen molar-refractivity contribution in [1.29, 1.82) is 0 Å². The molecule has 2 aromatic carbocycles. The van der Waals surface area contributed by atoms with Crippen molar-refractivity contribution < 1.29 is 14.9 Å². The fourth-order valence-corrected chi connectivity index (χ4v) is 3.06. The van der Waals surface area contributed by atoms with Gasteiger partial charge in [-0.25, -0.2) is 0 Å². The van der Waals surface area contributed by atoms with Crippen LogP contribution < -0.4 is 4.74 Å². The fourth-order valence-electron chi connectivity index (χ4n) is 3.06. The van der Waals surface area contributed by atoms with E-state index in [2.05, 4.69) is 11.9 Å². The van der Waals surface area contributed by atoms with E-state index in [1.807, 2.05) is 18.2 Å². The molecule has 4 heteroatoms. The molecule has 0 saturated carbocycles. The number of hydrogen-bond acceptors (Lipinski definition) is 4. The number of benzene rings is 2. The van der Waals surface area contributed by atoms with Crippen molar-refractivity contribution in [2.75, 3.05) is 20.7 Å². The van der Waals surface area contributed by atoms with Crippen molar-refractivity contribution in [2.45, 2.75) is 12.5 Å². The lowest BCUT2D eigenvalue weighted by Gasteiger charge is -2.33. The number of aromatic hydroxyl groups is 2. The zero-order chi connectivity index (χ0) is 15.0. The van der Waals surface area contributed by atoms with E-state index < -0.39 is 0 Å². The molecule has 0 fully saturated rings. The van der Waals surface area contributed by atoms with Crippen LogP contribution in [0.2, 0.25) is 0 Å². The predicted octanol–water partition coefficient (Wildman–Crippen LogP) is 2.68. The Kier molecular flexibility index (Phi) is 3.47. The number of likely N-dealkylation sites (N-methyl/N-ethyl adjacent to an activating group) is 1. The Morgan fingerprint density at radius 1 is 1.10 bits per heavy atom. The molecule has 0 amide bonds. The third-order valence-corrected chi connectivity index (χ3v) is 4.07. The highest BCUT2D eigenvalue weighted by molar-refractivity contribution is 5.55. The van der Waals surface area contributed by atoms with Crippen LogP contribution in [-0.4, -0.2) is 35.8 Å². The summed E-state index contributed by atoms with van der Waals surface area (Å²) in [6.07, 6.45) is 0. The van der Waals surface area contributed by atoms with Crippen molar-refractivity contribution >= 4 is 0 Å². The van der Waals surface area contributed by atoms with Gasteiger partial charge in [-0.3, -0.25) is 0 Å². The summed E-state index contributed by atoms with van der Waals surface area (Å²) in [7, 11) is 3.63. The van der Waals surface area contributed by atoms with Crippen molar-refractivity contribution in [3.05, 3.63) is 53.1 Å². The molecule has 21 heavy (non-hydrogen) atoms. The number of phenols is 2. The summed E-state index contributed by atoms with van der Waals surface area (Å²) in [5.74, 6) is 1.04. The number of fused-ring (bicyclic) bond motifs is 1. The molecule has 1 heterocycles. The summed E-state index contributed by atoms with van der Waals surface area (Å²) in [4.78, 5) is 2.23. The van der Waals surface area contributed by atoms with Gasteiger partial charge in [-0.2, -0.15) is 0 Å². The van der Waals surface area contributed by atoms with E-state index in [4.69, 9.17) is 4.74 Å². The molecule has 0 radical (unpaired) electrons. The van der Waals surface area contributed by atoms with Crippen molar-refractivity contribution in [3.8, 4) is 17.2 Å². The second-order valence-corrected chi connectivity index (χ2v) is 5.53. The summed E-state index contributed by atoms with van der Waals surface area (Å²) in [5, 5.41) is 20.0. The monoisotopic (exact) mass is 285 g/mol. The number of phenolic OH excluding ortho intramolecular Hbond substituents is 2. The normalized spacial score (nSPS) is 18.3. The molecule has 1 aliphatic heterocycles. The Morgan fingerprint density at radius 2 is 1.81 bits per heavy atom. The van der Waals surface area contributed by atoms with E-state index in [1.165, 1.54) is 0 Å². The molecule has 2 aromatic rings. The Bertz CT molecular complexity index is 652. The average Bonchev–Trinajstić information content (AvgIpc) is 2.47.